The van der Waals surface area contributed by atoms with Crippen molar-refractivity contribution in [2.24, 2.45) is 0 Å². The average Bonchev–Trinajstić information content (AvgIpc) is 3.25. The first kappa shape index (κ1) is 16.6. The maximum absolute atomic E-state index is 12.1. The summed E-state index contributed by atoms with van der Waals surface area (Å²) in [5.74, 6) is 0.948. The standard InChI is InChI=1S/C16H14ClN3O3S/c1-10(14(21)18-9-13-3-2-8-22-13)24-16-20-19-15(23-16)11-4-6-12(17)7-5-11/h2-8,10H,9H2,1H3,(H,18,21)/t10-/m1/s1. The monoisotopic (exact) mass is 363 g/mol. The van der Waals surface area contributed by atoms with Crippen LogP contribution in [0.5, 0.6) is 0 Å². The van der Waals surface area contributed by atoms with E-state index in [1.807, 2.05) is 0 Å². The lowest BCUT2D eigenvalue weighted by Crippen LogP contribution is -2.30. The van der Waals surface area contributed by atoms with Crippen LogP contribution in [-0.2, 0) is 11.3 Å². The van der Waals surface area contributed by atoms with Gasteiger partial charge in [0.25, 0.3) is 5.22 Å². The summed E-state index contributed by atoms with van der Waals surface area (Å²) in [4.78, 5) is 12.1. The number of furan rings is 1. The van der Waals surface area contributed by atoms with E-state index >= 15 is 0 Å². The smallest absolute Gasteiger partial charge is 0.277 e. The van der Waals surface area contributed by atoms with Gasteiger partial charge in [-0.2, -0.15) is 0 Å². The van der Waals surface area contributed by atoms with Crippen LogP contribution in [0.2, 0.25) is 5.02 Å². The van der Waals surface area contributed by atoms with Crippen LogP contribution >= 0.6 is 23.4 Å². The van der Waals surface area contributed by atoms with Gasteiger partial charge in [-0.05, 0) is 43.3 Å². The summed E-state index contributed by atoms with van der Waals surface area (Å²) >= 11 is 7.05. The van der Waals surface area contributed by atoms with E-state index < -0.39 is 0 Å². The Labute approximate surface area is 147 Å². The Kier molecular flexibility index (Phi) is 5.22. The number of hydrogen-bond acceptors (Lipinski definition) is 6. The minimum absolute atomic E-state index is 0.136. The molecule has 0 saturated heterocycles. The molecule has 3 aromatic rings. The van der Waals surface area contributed by atoms with E-state index in [-0.39, 0.29) is 11.2 Å². The number of thioether (sulfide) groups is 1. The van der Waals surface area contributed by atoms with Crippen molar-refractivity contribution in [1.29, 1.82) is 0 Å². The van der Waals surface area contributed by atoms with E-state index in [4.69, 9.17) is 20.4 Å². The van der Waals surface area contributed by atoms with Gasteiger partial charge in [0.2, 0.25) is 11.8 Å². The molecule has 6 nitrogen and oxygen atoms in total. The minimum Gasteiger partial charge on any atom is -0.467 e. The highest BCUT2D eigenvalue weighted by molar-refractivity contribution is 8.00. The number of aromatic nitrogens is 2. The Bertz CT molecular complexity index is 802. The third-order valence-electron chi connectivity index (χ3n) is 3.16. The lowest BCUT2D eigenvalue weighted by molar-refractivity contribution is -0.120. The molecular formula is C16H14ClN3O3S. The Morgan fingerprint density at radius 1 is 1.29 bits per heavy atom. The van der Waals surface area contributed by atoms with Gasteiger partial charge in [-0.1, -0.05) is 23.4 Å². The van der Waals surface area contributed by atoms with Crippen molar-refractivity contribution in [3.05, 3.63) is 53.4 Å². The van der Waals surface area contributed by atoms with Gasteiger partial charge in [-0.15, -0.1) is 10.2 Å². The van der Waals surface area contributed by atoms with Crippen LogP contribution in [0.3, 0.4) is 0 Å². The molecular weight excluding hydrogens is 350 g/mol. The van der Waals surface area contributed by atoms with Gasteiger partial charge in [0.05, 0.1) is 18.1 Å². The SMILES string of the molecule is C[C@@H](Sc1nnc(-c2ccc(Cl)cc2)o1)C(=O)NCc1ccco1. The molecule has 0 radical (unpaired) electrons. The molecule has 0 aliphatic carbocycles. The summed E-state index contributed by atoms with van der Waals surface area (Å²) in [7, 11) is 0. The van der Waals surface area contributed by atoms with Crippen LogP contribution in [0.25, 0.3) is 11.5 Å². The van der Waals surface area contributed by atoms with Crippen molar-refractivity contribution in [2.75, 3.05) is 0 Å². The fourth-order valence-electron chi connectivity index (χ4n) is 1.90. The van der Waals surface area contributed by atoms with Crippen molar-refractivity contribution in [3.63, 3.8) is 0 Å². The van der Waals surface area contributed by atoms with Gasteiger partial charge in [0.1, 0.15) is 5.76 Å². The van der Waals surface area contributed by atoms with Crippen LogP contribution in [0.15, 0.2) is 56.7 Å². The molecule has 0 unspecified atom stereocenters. The normalized spacial score (nSPS) is 12.1. The molecule has 8 heteroatoms. The Morgan fingerprint density at radius 3 is 2.79 bits per heavy atom. The Hall–Kier alpha value is -2.25. The molecule has 0 aliphatic heterocycles. The third kappa shape index (κ3) is 4.18. The first-order valence-corrected chi connectivity index (χ1v) is 8.44. The molecule has 0 aliphatic rings. The van der Waals surface area contributed by atoms with Crippen LogP contribution in [0.1, 0.15) is 12.7 Å². The predicted molar refractivity (Wildman–Crippen MR) is 90.6 cm³/mol. The predicted octanol–water partition coefficient (Wildman–Crippen LogP) is 3.78. The highest BCUT2D eigenvalue weighted by Gasteiger charge is 2.18. The average molecular weight is 364 g/mol. The van der Waals surface area contributed by atoms with Crippen molar-refractivity contribution < 1.29 is 13.6 Å². The molecule has 2 aromatic heterocycles. The molecule has 0 fully saturated rings. The zero-order valence-corrected chi connectivity index (χ0v) is 14.3. The van der Waals surface area contributed by atoms with E-state index in [0.29, 0.717) is 28.4 Å². The highest BCUT2D eigenvalue weighted by Crippen LogP contribution is 2.26. The van der Waals surface area contributed by atoms with Crippen LogP contribution in [0.4, 0.5) is 0 Å². The second-order valence-corrected chi connectivity index (χ2v) is 6.67. The van der Waals surface area contributed by atoms with E-state index in [1.54, 1.807) is 49.6 Å². The van der Waals surface area contributed by atoms with E-state index in [9.17, 15) is 4.79 Å². The van der Waals surface area contributed by atoms with Gasteiger partial charge in [-0.25, -0.2) is 0 Å². The number of amides is 1. The number of nitrogens with zero attached hydrogens (tertiary/aromatic N) is 2. The molecule has 1 N–H and O–H groups in total. The quantitative estimate of drug-likeness (QED) is 0.671. The zero-order valence-electron chi connectivity index (χ0n) is 12.7. The maximum atomic E-state index is 12.1. The summed E-state index contributed by atoms with van der Waals surface area (Å²) in [6, 6.07) is 10.7. The largest absolute Gasteiger partial charge is 0.467 e. The molecule has 24 heavy (non-hydrogen) atoms. The van der Waals surface area contributed by atoms with Crippen LogP contribution < -0.4 is 5.32 Å². The maximum Gasteiger partial charge on any atom is 0.277 e. The second-order valence-electron chi connectivity index (χ2n) is 4.94. The Balaban J connectivity index is 1.57. The fraction of sp³-hybridized carbons (Fsp3) is 0.188. The number of halogens is 1. The molecule has 0 bridgehead atoms. The lowest BCUT2D eigenvalue weighted by atomic mass is 10.2. The van der Waals surface area contributed by atoms with Gasteiger partial charge >= 0.3 is 0 Å². The Morgan fingerprint density at radius 2 is 2.08 bits per heavy atom. The van der Waals surface area contributed by atoms with Crippen LogP contribution in [0, 0.1) is 0 Å². The van der Waals surface area contributed by atoms with E-state index in [0.717, 1.165) is 5.56 Å². The molecule has 0 spiro atoms. The summed E-state index contributed by atoms with van der Waals surface area (Å²) < 4.78 is 10.8. The first-order valence-electron chi connectivity index (χ1n) is 7.18. The van der Waals surface area contributed by atoms with Crippen molar-refractivity contribution in [1.82, 2.24) is 15.5 Å². The number of rotatable bonds is 6. The summed E-state index contributed by atoms with van der Waals surface area (Å²) in [5, 5.41) is 11.3. The number of hydrogen-bond donors (Lipinski definition) is 1. The van der Waals surface area contributed by atoms with Gasteiger partial charge in [0.15, 0.2) is 0 Å². The first-order chi connectivity index (χ1) is 11.6. The summed E-state index contributed by atoms with van der Waals surface area (Å²) in [6.07, 6.45) is 1.57. The highest BCUT2D eigenvalue weighted by atomic mass is 35.5. The minimum atomic E-state index is -0.376. The molecule has 1 atom stereocenters. The van der Waals surface area contributed by atoms with Gasteiger partial charge < -0.3 is 14.2 Å². The molecule has 1 aromatic carbocycles. The lowest BCUT2D eigenvalue weighted by Gasteiger charge is -2.08. The number of benzene rings is 1. The number of carbonyl (C=O) groups is 1. The molecule has 1 amide bonds. The number of nitrogens with one attached hydrogen (secondary N) is 1. The third-order valence-corrected chi connectivity index (χ3v) is 4.35. The van der Waals surface area contributed by atoms with E-state index in [2.05, 4.69) is 15.5 Å². The molecule has 2 heterocycles. The van der Waals surface area contributed by atoms with Gasteiger partial charge in [0, 0.05) is 10.6 Å². The summed E-state index contributed by atoms with van der Waals surface area (Å²) in [6.45, 7) is 2.12. The number of carbonyl (C=O) groups excluding carboxylic acids is 1. The fourth-order valence-corrected chi connectivity index (χ4v) is 2.74. The summed E-state index contributed by atoms with van der Waals surface area (Å²) in [5.41, 5.74) is 0.772. The molecule has 0 saturated carbocycles. The molecule has 3 rings (SSSR count). The zero-order chi connectivity index (χ0) is 16.9. The van der Waals surface area contributed by atoms with Crippen LogP contribution in [-0.4, -0.2) is 21.4 Å². The topological polar surface area (TPSA) is 81.2 Å². The van der Waals surface area contributed by atoms with Gasteiger partial charge in [-0.3, -0.25) is 4.79 Å². The second kappa shape index (κ2) is 7.55. The van der Waals surface area contributed by atoms with E-state index in [1.165, 1.54) is 11.8 Å². The molecule has 124 valence electrons. The van der Waals surface area contributed by atoms with Crippen molar-refractivity contribution in [2.45, 2.75) is 23.9 Å². The van der Waals surface area contributed by atoms with Crippen molar-refractivity contribution in [3.8, 4) is 11.5 Å². The van der Waals surface area contributed by atoms with Crippen molar-refractivity contribution >= 4 is 29.3 Å².